The molecular formula is C24H22N2O4S. The molecule has 1 atom stereocenters. The Bertz CT molecular complexity index is 1230. The van der Waals surface area contributed by atoms with Crippen molar-refractivity contribution in [2.45, 2.75) is 18.3 Å². The van der Waals surface area contributed by atoms with Crippen LogP contribution in [0, 0.1) is 0 Å². The first-order valence-electron chi connectivity index (χ1n) is 10.2. The molecule has 0 aromatic heterocycles. The van der Waals surface area contributed by atoms with Crippen molar-refractivity contribution >= 4 is 27.3 Å². The highest BCUT2D eigenvalue weighted by Gasteiger charge is 2.39. The second-order valence-electron chi connectivity index (χ2n) is 7.72. The number of anilines is 2. The Morgan fingerprint density at radius 2 is 1.58 bits per heavy atom. The van der Waals surface area contributed by atoms with E-state index in [1.807, 2.05) is 42.5 Å². The zero-order valence-corrected chi connectivity index (χ0v) is 17.7. The number of carbonyl (C=O) groups is 1. The average Bonchev–Trinajstić information content (AvgIpc) is 3.22. The van der Waals surface area contributed by atoms with Crippen LogP contribution in [0.15, 0.2) is 78.9 Å². The maximum atomic E-state index is 13.4. The number of carbonyl (C=O) groups excluding carboxylic acids is 1. The average molecular weight is 435 g/mol. The van der Waals surface area contributed by atoms with Gasteiger partial charge in [0.1, 0.15) is 5.75 Å². The van der Waals surface area contributed by atoms with Crippen LogP contribution in [0.2, 0.25) is 0 Å². The number of hydrogen-bond donors (Lipinski definition) is 0. The Morgan fingerprint density at radius 3 is 2.39 bits per heavy atom. The summed E-state index contributed by atoms with van der Waals surface area (Å²) in [5.41, 5.74) is 3.14. The molecule has 0 saturated carbocycles. The van der Waals surface area contributed by atoms with Gasteiger partial charge in [-0.15, -0.1) is 0 Å². The topological polar surface area (TPSA) is 66.9 Å². The van der Waals surface area contributed by atoms with Crippen molar-refractivity contribution in [2.24, 2.45) is 0 Å². The van der Waals surface area contributed by atoms with Crippen molar-refractivity contribution in [3.05, 3.63) is 90.0 Å². The molecule has 0 spiro atoms. The van der Waals surface area contributed by atoms with Crippen LogP contribution in [0.4, 0.5) is 11.4 Å². The molecule has 0 aliphatic carbocycles. The fourth-order valence-electron chi connectivity index (χ4n) is 4.20. The fraction of sp³-hybridized carbons (Fsp3) is 0.208. The molecule has 5 rings (SSSR count). The summed E-state index contributed by atoms with van der Waals surface area (Å²) in [6.45, 7) is 0.514. The standard InChI is InChI=1S/C24H22N2O4S/c27-24(25-15-14-19-10-4-5-11-20(19)25)23-16-26(21-12-6-7-13-22(21)30-23)31(28,29)17-18-8-2-1-3-9-18/h1-13,23H,14-17H2/t23-/m1/s1. The zero-order chi connectivity index (χ0) is 21.4. The summed E-state index contributed by atoms with van der Waals surface area (Å²) in [4.78, 5) is 15.1. The van der Waals surface area contributed by atoms with Gasteiger partial charge in [0.05, 0.1) is 18.0 Å². The van der Waals surface area contributed by atoms with Crippen LogP contribution in [-0.2, 0) is 27.0 Å². The van der Waals surface area contributed by atoms with Gasteiger partial charge in [0.25, 0.3) is 5.91 Å². The molecular weight excluding hydrogens is 412 g/mol. The van der Waals surface area contributed by atoms with Crippen molar-refractivity contribution in [1.29, 1.82) is 0 Å². The van der Waals surface area contributed by atoms with Gasteiger partial charge in [0.15, 0.2) is 6.10 Å². The van der Waals surface area contributed by atoms with Gasteiger partial charge in [0, 0.05) is 12.2 Å². The highest BCUT2D eigenvalue weighted by Crippen LogP contribution is 2.37. The van der Waals surface area contributed by atoms with E-state index in [0.717, 1.165) is 17.7 Å². The Balaban J connectivity index is 1.46. The van der Waals surface area contributed by atoms with Gasteiger partial charge in [-0.3, -0.25) is 9.10 Å². The zero-order valence-electron chi connectivity index (χ0n) is 16.8. The number of para-hydroxylation sites is 3. The lowest BCUT2D eigenvalue weighted by Gasteiger charge is -2.36. The molecule has 158 valence electrons. The summed E-state index contributed by atoms with van der Waals surface area (Å²) in [5, 5.41) is 0. The third-order valence-electron chi connectivity index (χ3n) is 5.69. The lowest BCUT2D eigenvalue weighted by atomic mass is 10.1. The number of sulfonamides is 1. The number of nitrogens with zero attached hydrogens (tertiary/aromatic N) is 2. The lowest BCUT2D eigenvalue weighted by molar-refractivity contribution is -0.125. The van der Waals surface area contributed by atoms with E-state index in [-0.39, 0.29) is 18.2 Å². The Hall–Kier alpha value is -3.32. The van der Waals surface area contributed by atoms with E-state index in [1.54, 1.807) is 41.3 Å². The van der Waals surface area contributed by atoms with Crippen LogP contribution >= 0.6 is 0 Å². The Kier molecular flexibility index (Phi) is 4.90. The molecule has 2 aliphatic heterocycles. The first-order chi connectivity index (χ1) is 15.0. The first-order valence-corrected chi connectivity index (χ1v) is 11.8. The predicted octanol–water partition coefficient (Wildman–Crippen LogP) is 3.37. The van der Waals surface area contributed by atoms with Crippen LogP contribution in [0.3, 0.4) is 0 Å². The van der Waals surface area contributed by atoms with E-state index in [0.29, 0.717) is 23.5 Å². The molecule has 0 saturated heterocycles. The van der Waals surface area contributed by atoms with E-state index in [9.17, 15) is 13.2 Å². The van der Waals surface area contributed by atoms with Gasteiger partial charge >= 0.3 is 0 Å². The molecule has 31 heavy (non-hydrogen) atoms. The van der Waals surface area contributed by atoms with E-state index in [2.05, 4.69) is 0 Å². The number of amides is 1. The monoisotopic (exact) mass is 434 g/mol. The minimum absolute atomic E-state index is 0.0519. The number of hydrogen-bond acceptors (Lipinski definition) is 4. The summed E-state index contributed by atoms with van der Waals surface area (Å²) < 4.78 is 34.0. The SMILES string of the molecule is O=C([C@H]1CN(S(=O)(=O)Cc2ccccc2)c2ccccc2O1)N1CCc2ccccc21. The summed E-state index contributed by atoms with van der Waals surface area (Å²) in [6.07, 6.45) is -0.132. The number of benzene rings is 3. The van der Waals surface area contributed by atoms with Crippen LogP contribution in [0.25, 0.3) is 0 Å². The summed E-state index contributed by atoms with van der Waals surface area (Å²) in [6, 6.07) is 23.8. The normalized spacial score (nSPS) is 17.6. The van der Waals surface area contributed by atoms with Crippen molar-refractivity contribution in [2.75, 3.05) is 22.3 Å². The molecule has 3 aromatic rings. The second-order valence-corrected chi connectivity index (χ2v) is 9.61. The highest BCUT2D eigenvalue weighted by molar-refractivity contribution is 7.92. The van der Waals surface area contributed by atoms with Crippen LogP contribution in [-0.4, -0.2) is 33.5 Å². The minimum Gasteiger partial charge on any atom is -0.476 e. The maximum Gasteiger partial charge on any atom is 0.269 e. The van der Waals surface area contributed by atoms with E-state index in [1.165, 1.54) is 4.31 Å². The minimum atomic E-state index is -3.72. The van der Waals surface area contributed by atoms with Crippen molar-refractivity contribution in [1.82, 2.24) is 0 Å². The number of ether oxygens (including phenoxy) is 1. The largest absolute Gasteiger partial charge is 0.476 e. The van der Waals surface area contributed by atoms with Crippen LogP contribution < -0.4 is 13.9 Å². The molecule has 1 amide bonds. The van der Waals surface area contributed by atoms with Gasteiger partial charge < -0.3 is 9.64 Å². The van der Waals surface area contributed by atoms with Gasteiger partial charge in [-0.1, -0.05) is 60.7 Å². The molecule has 0 unspecified atom stereocenters. The third-order valence-corrected chi connectivity index (χ3v) is 7.41. The second kappa shape index (κ2) is 7.74. The quantitative estimate of drug-likeness (QED) is 0.632. The number of fused-ring (bicyclic) bond motifs is 2. The molecule has 2 heterocycles. The summed E-state index contributed by atoms with van der Waals surface area (Å²) >= 11 is 0. The van der Waals surface area contributed by atoms with Gasteiger partial charge in [0.2, 0.25) is 10.0 Å². The van der Waals surface area contributed by atoms with Gasteiger partial charge in [-0.25, -0.2) is 8.42 Å². The van der Waals surface area contributed by atoms with Crippen molar-refractivity contribution in [3.8, 4) is 5.75 Å². The third kappa shape index (κ3) is 3.65. The molecule has 2 aliphatic rings. The summed E-state index contributed by atoms with van der Waals surface area (Å²) in [5.74, 6) is 0.0332. The lowest BCUT2D eigenvalue weighted by Crippen LogP contribution is -2.52. The Labute approximate surface area is 181 Å². The van der Waals surface area contributed by atoms with Crippen molar-refractivity contribution in [3.63, 3.8) is 0 Å². The summed E-state index contributed by atoms with van der Waals surface area (Å²) in [7, 11) is -3.72. The molecule has 3 aromatic carbocycles. The number of rotatable bonds is 4. The Morgan fingerprint density at radius 1 is 0.903 bits per heavy atom. The first kappa shape index (κ1) is 19.6. The van der Waals surface area contributed by atoms with E-state index in [4.69, 9.17) is 4.74 Å². The van der Waals surface area contributed by atoms with Crippen molar-refractivity contribution < 1.29 is 17.9 Å². The fourth-order valence-corrected chi connectivity index (χ4v) is 5.78. The van der Waals surface area contributed by atoms with Crippen LogP contribution in [0.1, 0.15) is 11.1 Å². The molecule has 0 fully saturated rings. The van der Waals surface area contributed by atoms with Crippen LogP contribution in [0.5, 0.6) is 5.75 Å². The smallest absolute Gasteiger partial charge is 0.269 e. The van der Waals surface area contributed by atoms with Gasteiger partial charge in [-0.05, 0) is 35.7 Å². The highest BCUT2D eigenvalue weighted by atomic mass is 32.2. The molecule has 6 nitrogen and oxygen atoms in total. The predicted molar refractivity (Wildman–Crippen MR) is 120 cm³/mol. The van der Waals surface area contributed by atoms with Gasteiger partial charge in [-0.2, -0.15) is 0 Å². The van der Waals surface area contributed by atoms with E-state index < -0.39 is 16.1 Å². The maximum absolute atomic E-state index is 13.4. The molecule has 7 heteroatoms. The molecule has 0 bridgehead atoms. The molecule has 0 N–H and O–H groups in total. The molecule has 0 radical (unpaired) electrons. The van der Waals surface area contributed by atoms with E-state index >= 15 is 0 Å².